The van der Waals surface area contributed by atoms with E-state index in [0.29, 0.717) is 38.4 Å². The van der Waals surface area contributed by atoms with Gasteiger partial charge in [0.15, 0.2) is 0 Å². The van der Waals surface area contributed by atoms with Gasteiger partial charge in [0.05, 0.1) is 12.1 Å². The summed E-state index contributed by atoms with van der Waals surface area (Å²) >= 11 is 1.56. The number of rotatable bonds is 14. The number of carbonyl (C=O) groups is 3. The third-order valence-corrected chi connectivity index (χ3v) is 8.64. The van der Waals surface area contributed by atoms with Crippen molar-refractivity contribution in [3.05, 3.63) is 0 Å². The van der Waals surface area contributed by atoms with Crippen LogP contribution in [0.2, 0.25) is 0 Å². The van der Waals surface area contributed by atoms with Crippen molar-refractivity contribution in [1.82, 2.24) is 30.5 Å². The Morgan fingerprint density at radius 1 is 1.02 bits per heavy atom. The zero-order chi connectivity index (χ0) is 31.1. The number of likely N-dealkylation sites (N-methyl/N-ethyl adjacent to an activating group) is 1. The van der Waals surface area contributed by atoms with Crippen molar-refractivity contribution in [2.24, 2.45) is 16.7 Å². The van der Waals surface area contributed by atoms with Crippen LogP contribution in [0.5, 0.6) is 0 Å². The predicted molar refractivity (Wildman–Crippen MR) is 158 cm³/mol. The molecule has 0 aromatic heterocycles. The van der Waals surface area contributed by atoms with Crippen LogP contribution in [0.25, 0.3) is 0 Å². The summed E-state index contributed by atoms with van der Waals surface area (Å²) in [6, 6.07) is -3.55. The standard InChI is InChI=1S/C28H52F2N6O4S/c1-27(2,3)20(16-35(7)41-8)33-26(40)34-22(28(4,5)6)25(39)36-13-9-10-19(36)24(38)32-18(14-21(29)30)23(37)31-15-17-11-12-17/h17-22,25,39H,9-16H2,1-8H3,(H,31,37)(H,32,38)(H2,33,34,40)/t18-,19-,20+,22+,25?/m0/s1. The molecule has 2 rings (SSSR count). The summed E-state index contributed by atoms with van der Waals surface area (Å²) in [7, 11) is 1.95. The molecule has 5 atom stereocenters. The van der Waals surface area contributed by atoms with Crippen LogP contribution in [0, 0.1) is 16.7 Å². The van der Waals surface area contributed by atoms with Crippen molar-refractivity contribution in [3.8, 4) is 0 Å². The van der Waals surface area contributed by atoms with Crippen LogP contribution >= 0.6 is 11.9 Å². The van der Waals surface area contributed by atoms with Crippen LogP contribution in [-0.2, 0) is 9.59 Å². The first kappa shape index (κ1) is 35.5. The van der Waals surface area contributed by atoms with E-state index in [1.807, 2.05) is 59.2 Å². The quantitative estimate of drug-likeness (QED) is 0.193. The number of hydrogen-bond donors (Lipinski definition) is 5. The van der Waals surface area contributed by atoms with E-state index in [1.54, 1.807) is 16.8 Å². The van der Waals surface area contributed by atoms with Crippen LogP contribution in [0.15, 0.2) is 0 Å². The molecule has 0 aromatic carbocycles. The van der Waals surface area contributed by atoms with E-state index >= 15 is 0 Å². The summed E-state index contributed by atoms with van der Waals surface area (Å²) in [6.07, 6.45) is 0.163. The molecule has 5 N–H and O–H groups in total. The number of amides is 4. The molecule has 0 bridgehead atoms. The lowest BCUT2D eigenvalue weighted by molar-refractivity contribution is -0.136. The molecular weight excluding hydrogens is 554 g/mol. The van der Waals surface area contributed by atoms with Gasteiger partial charge in [-0.25, -0.2) is 13.6 Å². The molecular formula is C28H52F2N6O4S. The Hall–Kier alpha value is -1.70. The molecule has 2 aliphatic rings. The van der Waals surface area contributed by atoms with E-state index in [9.17, 15) is 28.3 Å². The van der Waals surface area contributed by atoms with Gasteiger partial charge in [0, 0.05) is 32.1 Å². The van der Waals surface area contributed by atoms with E-state index in [2.05, 4.69) is 21.3 Å². The van der Waals surface area contributed by atoms with Crippen molar-refractivity contribution in [2.75, 3.05) is 32.9 Å². The van der Waals surface area contributed by atoms with E-state index in [4.69, 9.17) is 0 Å². The lowest BCUT2D eigenvalue weighted by Crippen LogP contribution is -2.63. The number of alkyl halides is 2. The van der Waals surface area contributed by atoms with Crippen molar-refractivity contribution >= 4 is 29.8 Å². The molecule has 238 valence electrons. The minimum atomic E-state index is -2.77. The average molecular weight is 607 g/mol. The Morgan fingerprint density at radius 2 is 1.66 bits per heavy atom. The first-order valence-corrected chi connectivity index (χ1v) is 15.7. The highest BCUT2D eigenvalue weighted by molar-refractivity contribution is 7.96. The fraction of sp³-hybridized carbons (Fsp3) is 0.893. The minimum Gasteiger partial charge on any atom is -0.376 e. The molecule has 0 aromatic rings. The van der Waals surface area contributed by atoms with Crippen LogP contribution < -0.4 is 21.3 Å². The van der Waals surface area contributed by atoms with Gasteiger partial charge in [-0.2, -0.15) is 0 Å². The molecule has 1 saturated carbocycles. The predicted octanol–water partition coefficient (Wildman–Crippen LogP) is 2.77. The van der Waals surface area contributed by atoms with Gasteiger partial charge in [-0.15, -0.1) is 0 Å². The number of aliphatic hydroxyl groups excluding tert-OH is 1. The lowest BCUT2D eigenvalue weighted by atomic mass is 9.84. The van der Waals surface area contributed by atoms with Crippen molar-refractivity contribution in [2.45, 2.75) is 110 Å². The third-order valence-electron chi connectivity index (χ3n) is 7.87. The molecule has 41 heavy (non-hydrogen) atoms. The summed E-state index contributed by atoms with van der Waals surface area (Å²) in [6.45, 7) is 13.2. The number of nitrogens with one attached hydrogen (secondary N) is 4. The first-order valence-electron chi connectivity index (χ1n) is 14.6. The highest BCUT2D eigenvalue weighted by atomic mass is 32.2. The Bertz CT molecular complexity index is 881. The first-order chi connectivity index (χ1) is 18.9. The highest BCUT2D eigenvalue weighted by Crippen LogP contribution is 2.30. The number of carbonyl (C=O) groups excluding carboxylic acids is 3. The summed E-state index contributed by atoms with van der Waals surface area (Å²) in [4.78, 5) is 40.7. The van der Waals surface area contributed by atoms with Crippen molar-refractivity contribution < 1.29 is 28.3 Å². The van der Waals surface area contributed by atoms with Gasteiger partial charge in [0.25, 0.3) is 0 Å². The zero-order valence-electron chi connectivity index (χ0n) is 25.9. The van der Waals surface area contributed by atoms with Crippen molar-refractivity contribution in [1.29, 1.82) is 0 Å². The van der Waals surface area contributed by atoms with Crippen LogP contribution in [0.3, 0.4) is 0 Å². The summed E-state index contributed by atoms with van der Waals surface area (Å²) in [5, 5.41) is 22.7. The maximum atomic E-state index is 13.3. The molecule has 1 aliphatic carbocycles. The number of nitrogens with zero attached hydrogens (tertiary/aromatic N) is 2. The van der Waals surface area contributed by atoms with Gasteiger partial charge in [-0.3, -0.25) is 18.8 Å². The molecule has 10 nitrogen and oxygen atoms in total. The fourth-order valence-electron chi connectivity index (χ4n) is 4.89. The average Bonchev–Trinajstić information content (AvgIpc) is 3.55. The Balaban J connectivity index is 2.13. The third kappa shape index (κ3) is 11.5. The SMILES string of the molecule is CSN(C)C[C@@H](NC(=O)N[C@H](C(O)N1CCC[C@H]1C(=O)N[C@@H](CC(F)F)C(=O)NCC1CC1)C(C)(C)C)C(C)(C)C. The summed E-state index contributed by atoms with van der Waals surface area (Å²) in [5.41, 5.74) is -0.816. The second-order valence-electron chi connectivity index (χ2n) is 13.6. The number of halogens is 2. The fourth-order valence-corrected chi connectivity index (χ4v) is 5.19. The van der Waals surface area contributed by atoms with E-state index in [-0.39, 0.29) is 11.5 Å². The molecule has 0 spiro atoms. The van der Waals surface area contributed by atoms with Crippen molar-refractivity contribution in [3.63, 3.8) is 0 Å². The Labute approximate surface area is 248 Å². The second-order valence-corrected chi connectivity index (χ2v) is 14.5. The monoisotopic (exact) mass is 606 g/mol. The minimum absolute atomic E-state index is 0.180. The molecule has 4 amide bonds. The second kappa shape index (κ2) is 15.2. The van der Waals surface area contributed by atoms with Gasteiger partial charge in [0.1, 0.15) is 12.3 Å². The largest absolute Gasteiger partial charge is 0.376 e. The molecule has 1 aliphatic heterocycles. The van der Waals surface area contributed by atoms with Gasteiger partial charge >= 0.3 is 6.03 Å². The summed E-state index contributed by atoms with van der Waals surface area (Å²) in [5.74, 6) is -0.840. The van der Waals surface area contributed by atoms with Crippen LogP contribution in [-0.4, -0.2) is 102 Å². The molecule has 13 heteroatoms. The Kier molecular flexibility index (Phi) is 13.1. The van der Waals surface area contributed by atoms with Gasteiger partial charge < -0.3 is 26.4 Å². The number of aliphatic hydroxyl groups is 1. The normalized spacial score (nSPS) is 21.3. The molecule has 2 fully saturated rings. The van der Waals surface area contributed by atoms with Crippen LogP contribution in [0.4, 0.5) is 13.6 Å². The van der Waals surface area contributed by atoms with Gasteiger partial charge in [-0.05, 0) is 55.7 Å². The smallest absolute Gasteiger partial charge is 0.315 e. The molecule has 1 heterocycles. The number of likely N-dealkylation sites (tertiary alicyclic amines) is 1. The number of hydrogen-bond acceptors (Lipinski definition) is 7. The van der Waals surface area contributed by atoms with E-state index < -0.39 is 60.5 Å². The van der Waals surface area contributed by atoms with Gasteiger partial charge in [0.2, 0.25) is 18.2 Å². The van der Waals surface area contributed by atoms with E-state index in [1.165, 1.54) is 0 Å². The van der Waals surface area contributed by atoms with E-state index in [0.717, 1.165) is 12.8 Å². The molecule has 0 radical (unpaired) electrons. The molecule has 1 saturated heterocycles. The van der Waals surface area contributed by atoms with Crippen LogP contribution in [0.1, 0.15) is 73.6 Å². The Morgan fingerprint density at radius 3 is 2.17 bits per heavy atom. The maximum absolute atomic E-state index is 13.3. The summed E-state index contributed by atoms with van der Waals surface area (Å²) < 4.78 is 28.6. The maximum Gasteiger partial charge on any atom is 0.315 e. The molecule has 1 unspecified atom stereocenters. The zero-order valence-corrected chi connectivity index (χ0v) is 26.7. The topological polar surface area (TPSA) is 126 Å². The lowest BCUT2D eigenvalue weighted by Gasteiger charge is -2.41. The van der Waals surface area contributed by atoms with Gasteiger partial charge in [-0.1, -0.05) is 53.5 Å². The number of urea groups is 1. The highest BCUT2D eigenvalue weighted by Gasteiger charge is 2.43.